The lowest BCUT2D eigenvalue weighted by atomic mass is 10.1. The quantitative estimate of drug-likeness (QED) is 0.872. The van der Waals surface area contributed by atoms with Gasteiger partial charge in [-0.15, -0.1) is 0 Å². The van der Waals surface area contributed by atoms with Crippen molar-refractivity contribution in [1.82, 2.24) is 5.32 Å². The van der Waals surface area contributed by atoms with Crippen molar-refractivity contribution in [2.24, 2.45) is 0 Å². The van der Waals surface area contributed by atoms with Gasteiger partial charge in [-0.1, -0.05) is 34.6 Å². The molecule has 3 heteroatoms. The number of halogens is 2. The molecule has 0 aliphatic carbocycles. The summed E-state index contributed by atoms with van der Waals surface area (Å²) < 4.78 is 13.8. The zero-order chi connectivity index (χ0) is 10.6. The number of hydrogen-bond donors (Lipinski definition) is 1. The van der Waals surface area contributed by atoms with Crippen LogP contribution in [0.1, 0.15) is 18.5 Å². The number of rotatable bonds is 4. The molecule has 0 fully saturated rings. The van der Waals surface area contributed by atoms with Crippen LogP contribution >= 0.6 is 15.9 Å². The minimum atomic E-state index is -0.200. The molecule has 76 valence electrons. The van der Waals surface area contributed by atoms with Gasteiger partial charge in [-0.05, 0) is 24.6 Å². The first-order valence-corrected chi connectivity index (χ1v) is 5.21. The van der Waals surface area contributed by atoms with Crippen LogP contribution in [0.5, 0.6) is 0 Å². The Morgan fingerprint density at radius 1 is 1.64 bits per heavy atom. The zero-order valence-electron chi connectivity index (χ0n) is 8.06. The van der Waals surface area contributed by atoms with E-state index in [0.717, 1.165) is 10.0 Å². The van der Waals surface area contributed by atoms with E-state index in [0.29, 0.717) is 6.54 Å². The minimum Gasteiger partial charge on any atom is -0.306 e. The van der Waals surface area contributed by atoms with E-state index in [1.54, 1.807) is 6.07 Å². The van der Waals surface area contributed by atoms with Crippen molar-refractivity contribution in [2.45, 2.75) is 13.0 Å². The molecular formula is C11H13BrFN. The van der Waals surface area contributed by atoms with E-state index in [-0.39, 0.29) is 11.9 Å². The van der Waals surface area contributed by atoms with Gasteiger partial charge >= 0.3 is 0 Å². The van der Waals surface area contributed by atoms with Gasteiger partial charge in [0.1, 0.15) is 5.82 Å². The Labute approximate surface area is 92.1 Å². The molecule has 0 aliphatic rings. The van der Waals surface area contributed by atoms with Crippen LogP contribution in [-0.2, 0) is 0 Å². The summed E-state index contributed by atoms with van der Waals surface area (Å²) in [5.74, 6) is -0.200. The fourth-order valence-corrected chi connectivity index (χ4v) is 1.32. The second kappa shape index (κ2) is 5.27. The van der Waals surface area contributed by atoms with Crippen molar-refractivity contribution in [3.8, 4) is 0 Å². The molecule has 1 aromatic carbocycles. The number of benzene rings is 1. The molecule has 14 heavy (non-hydrogen) atoms. The van der Waals surface area contributed by atoms with Crippen LogP contribution < -0.4 is 5.32 Å². The lowest BCUT2D eigenvalue weighted by Gasteiger charge is -2.13. The lowest BCUT2D eigenvalue weighted by molar-refractivity contribution is 0.594. The molecular weight excluding hydrogens is 245 g/mol. The van der Waals surface area contributed by atoms with E-state index in [1.165, 1.54) is 12.1 Å². The summed E-state index contributed by atoms with van der Waals surface area (Å²) in [5.41, 5.74) is 0.943. The summed E-state index contributed by atoms with van der Waals surface area (Å²) in [6, 6.07) is 6.72. The molecule has 1 nitrogen and oxygen atoms in total. The molecule has 0 aliphatic heterocycles. The second-order valence-corrected chi connectivity index (χ2v) is 4.30. The number of hydrogen-bond acceptors (Lipinski definition) is 1. The van der Waals surface area contributed by atoms with Crippen LogP contribution in [0.2, 0.25) is 0 Å². The topological polar surface area (TPSA) is 12.0 Å². The summed E-state index contributed by atoms with van der Waals surface area (Å²) in [4.78, 5) is 0. The maximum Gasteiger partial charge on any atom is 0.123 e. The fourth-order valence-electron chi connectivity index (χ4n) is 1.16. The maximum atomic E-state index is 12.9. The fraction of sp³-hybridized carbons (Fsp3) is 0.273. The average Bonchev–Trinajstić information content (AvgIpc) is 2.14. The first-order chi connectivity index (χ1) is 6.59. The van der Waals surface area contributed by atoms with Crippen LogP contribution in [0.15, 0.2) is 35.3 Å². The third-order valence-electron chi connectivity index (χ3n) is 1.95. The molecule has 0 saturated carbocycles. The van der Waals surface area contributed by atoms with Gasteiger partial charge in [0.05, 0.1) is 0 Å². The van der Waals surface area contributed by atoms with E-state index < -0.39 is 0 Å². The van der Waals surface area contributed by atoms with Gasteiger partial charge in [-0.25, -0.2) is 4.39 Å². The third-order valence-corrected chi connectivity index (χ3v) is 2.23. The largest absolute Gasteiger partial charge is 0.306 e. The maximum absolute atomic E-state index is 12.9. The summed E-state index contributed by atoms with van der Waals surface area (Å²) in [5, 5.41) is 3.21. The smallest absolute Gasteiger partial charge is 0.123 e. The summed E-state index contributed by atoms with van der Waals surface area (Å²) in [7, 11) is 0. The Kier molecular flexibility index (Phi) is 4.29. The molecule has 1 N–H and O–H groups in total. The van der Waals surface area contributed by atoms with Crippen LogP contribution in [0, 0.1) is 5.82 Å². The van der Waals surface area contributed by atoms with Crippen molar-refractivity contribution in [3.05, 3.63) is 46.7 Å². The molecule has 1 aromatic rings. The summed E-state index contributed by atoms with van der Waals surface area (Å²) in [6.45, 7) is 6.39. The normalized spacial score (nSPS) is 12.5. The number of nitrogens with one attached hydrogen (secondary N) is 1. The molecule has 0 heterocycles. The van der Waals surface area contributed by atoms with Crippen molar-refractivity contribution in [3.63, 3.8) is 0 Å². The molecule has 0 unspecified atom stereocenters. The highest BCUT2D eigenvalue weighted by Gasteiger charge is 2.04. The minimum absolute atomic E-state index is 0.125. The van der Waals surface area contributed by atoms with Crippen molar-refractivity contribution in [1.29, 1.82) is 0 Å². The summed E-state index contributed by atoms with van der Waals surface area (Å²) >= 11 is 3.26. The van der Waals surface area contributed by atoms with Crippen LogP contribution in [0.4, 0.5) is 4.39 Å². The average molecular weight is 258 g/mol. The Hall–Kier alpha value is -0.670. The molecule has 1 rings (SSSR count). The van der Waals surface area contributed by atoms with E-state index in [4.69, 9.17) is 0 Å². The summed E-state index contributed by atoms with van der Waals surface area (Å²) in [6.07, 6.45) is 0. The monoisotopic (exact) mass is 257 g/mol. The third kappa shape index (κ3) is 3.60. The predicted octanol–water partition coefficient (Wildman–Crippen LogP) is 3.38. The molecule has 0 radical (unpaired) electrons. The van der Waals surface area contributed by atoms with Gasteiger partial charge < -0.3 is 5.32 Å². The van der Waals surface area contributed by atoms with E-state index in [9.17, 15) is 4.39 Å². The van der Waals surface area contributed by atoms with Crippen LogP contribution in [0.25, 0.3) is 0 Å². The first kappa shape index (κ1) is 11.4. The van der Waals surface area contributed by atoms with Gasteiger partial charge in [0.15, 0.2) is 0 Å². The zero-order valence-corrected chi connectivity index (χ0v) is 9.64. The molecule has 1 atom stereocenters. The molecule has 0 saturated heterocycles. The first-order valence-electron chi connectivity index (χ1n) is 4.41. The molecule has 0 aromatic heterocycles. The molecule has 0 bridgehead atoms. The second-order valence-electron chi connectivity index (χ2n) is 3.17. The van der Waals surface area contributed by atoms with Crippen molar-refractivity contribution in [2.75, 3.05) is 6.54 Å². The van der Waals surface area contributed by atoms with Crippen LogP contribution in [0.3, 0.4) is 0 Å². The van der Waals surface area contributed by atoms with Gasteiger partial charge in [-0.2, -0.15) is 0 Å². The van der Waals surface area contributed by atoms with E-state index in [2.05, 4.69) is 27.8 Å². The SMILES string of the molecule is C=C(Br)CN[C@H](C)c1cccc(F)c1. The van der Waals surface area contributed by atoms with Crippen molar-refractivity contribution < 1.29 is 4.39 Å². The highest BCUT2D eigenvalue weighted by Crippen LogP contribution is 2.13. The molecule has 0 spiro atoms. The van der Waals surface area contributed by atoms with Gasteiger partial charge in [0.25, 0.3) is 0 Å². The highest BCUT2D eigenvalue weighted by atomic mass is 79.9. The lowest BCUT2D eigenvalue weighted by Crippen LogP contribution is -2.19. The standard InChI is InChI=1S/C11H13BrFN/c1-8(12)7-14-9(2)10-4-3-5-11(13)6-10/h3-6,9,14H,1,7H2,2H3/t9-/m1/s1. The van der Waals surface area contributed by atoms with Gasteiger partial charge in [0, 0.05) is 17.1 Å². The Morgan fingerprint density at radius 2 is 2.36 bits per heavy atom. The Balaban J connectivity index is 2.60. The Bertz CT molecular complexity index is 325. The van der Waals surface area contributed by atoms with E-state index in [1.807, 2.05) is 13.0 Å². The Morgan fingerprint density at radius 3 is 2.93 bits per heavy atom. The van der Waals surface area contributed by atoms with Gasteiger partial charge in [-0.3, -0.25) is 0 Å². The molecule has 0 amide bonds. The van der Waals surface area contributed by atoms with Crippen molar-refractivity contribution >= 4 is 15.9 Å². The highest BCUT2D eigenvalue weighted by molar-refractivity contribution is 9.11. The predicted molar refractivity (Wildman–Crippen MR) is 60.9 cm³/mol. The van der Waals surface area contributed by atoms with Crippen LogP contribution in [-0.4, -0.2) is 6.54 Å². The van der Waals surface area contributed by atoms with E-state index >= 15 is 0 Å². The van der Waals surface area contributed by atoms with Gasteiger partial charge in [0.2, 0.25) is 0 Å².